The third-order valence-electron chi connectivity index (χ3n) is 2.26. The van der Waals surface area contributed by atoms with Gasteiger partial charge in [0.1, 0.15) is 0 Å². The molecular formula is C12H11F5O2. The standard InChI is InChI=1S/C12H11F5O2/c1-2-3-4-19-10-8(13)5-7(6-9(10)14)11(18)12(15,16)17/h5-6H,2-4H2,1H3. The maximum absolute atomic E-state index is 13.4. The molecule has 7 heteroatoms. The van der Waals surface area contributed by atoms with Gasteiger partial charge in [-0.15, -0.1) is 0 Å². The first-order valence-corrected chi connectivity index (χ1v) is 5.50. The van der Waals surface area contributed by atoms with E-state index in [1.807, 2.05) is 6.92 Å². The molecule has 0 aliphatic rings. The van der Waals surface area contributed by atoms with Gasteiger partial charge in [-0.3, -0.25) is 4.79 Å². The van der Waals surface area contributed by atoms with E-state index in [4.69, 9.17) is 4.74 Å². The van der Waals surface area contributed by atoms with Crippen molar-refractivity contribution in [2.45, 2.75) is 25.9 Å². The van der Waals surface area contributed by atoms with E-state index < -0.39 is 34.9 Å². The number of hydrogen-bond acceptors (Lipinski definition) is 2. The normalized spacial score (nSPS) is 11.5. The maximum atomic E-state index is 13.4. The third kappa shape index (κ3) is 3.90. The van der Waals surface area contributed by atoms with E-state index in [1.165, 1.54) is 0 Å². The Hall–Kier alpha value is -1.66. The van der Waals surface area contributed by atoms with Crippen LogP contribution in [0.25, 0.3) is 0 Å². The highest BCUT2D eigenvalue weighted by molar-refractivity contribution is 6.00. The van der Waals surface area contributed by atoms with Gasteiger partial charge in [0.2, 0.25) is 0 Å². The van der Waals surface area contributed by atoms with Gasteiger partial charge in [-0.05, 0) is 18.6 Å². The molecule has 0 radical (unpaired) electrons. The van der Waals surface area contributed by atoms with Crippen molar-refractivity contribution in [3.8, 4) is 5.75 Å². The average molecular weight is 282 g/mol. The van der Waals surface area contributed by atoms with E-state index in [1.54, 1.807) is 0 Å². The van der Waals surface area contributed by atoms with E-state index in [-0.39, 0.29) is 6.61 Å². The second-order valence-electron chi connectivity index (χ2n) is 3.80. The quantitative estimate of drug-likeness (QED) is 0.465. The fourth-order valence-electron chi connectivity index (χ4n) is 1.31. The van der Waals surface area contributed by atoms with Crippen LogP contribution in [-0.2, 0) is 0 Å². The lowest BCUT2D eigenvalue weighted by molar-refractivity contribution is -0.0885. The van der Waals surface area contributed by atoms with Gasteiger partial charge in [0.15, 0.2) is 17.4 Å². The first kappa shape index (κ1) is 15.4. The summed E-state index contributed by atoms with van der Waals surface area (Å²) in [6.07, 6.45) is -3.90. The number of carbonyl (C=O) groups is 1. The number of halogens is 5. The van der Waals surface area contributed by atoms with E-state index in [9.17, 15) is 26.7 Å². The van der Waals surface area contributed by atoms with Crippen molar-refractivity contribution >= 4 is 5.78 Å². The average Bonchev–Trinajstić information content (AvgIpc) is 2.30. The Morgan fingerprint density at radius 1 is 1.21 bits per heavy atom. The van der Waals surface area contributed by atoms with Crippen LogP contribution in [0.1, 0.15) is 30.1 Å². The fourth-order valence-corrected chi connectivity index (χ4v) is 1.31. The van der Waals surface area contributed by atoms with Gasteiger partial charge in [-0.1, -0.05) is 13.3 Å². The molecule has 0 fully saturated rings. The summed E-state index contributed by atoms with van der Waals surface area (Å²) in [5.74, 6) is -5.73. The predicted octanol–water partition coefficient (Wildman–Crippen LogP) is 3.89. The van der Waals surface area contributed by atoms with Gasteiger partial charge in [-0.2, -0.15) is 13.2 Å². The monoisotopic (exact) mass is 282 g/mol. The Bertz CT molecular complexity index is 445. The van der Waals surface area contributed by atoms with Gasteiger partial charge in [-0.25, -0.2) is 8.78 Å². The van der Waals surface area contributed by atoms with Crippen LogP contribution < -0.4 is 4.74 Å². The van der Waals surface area contributed by atoms with Crippen LogP contribution in [0, 0.1) is 11.6 Å². The lowest BCUT2D eigenvalue weighted by atomic mass is 10.1. The molecule has 0 amide bonds. The summed E-state index contributed by atoms with van der Waals surface area (Å²) in [5, 5.41) is 0. The molecule has 0 aliphatic heterocycles. The molecule has 19 heavy (non-hydrogen) atoms. The Morgan fingerprint density at radius 2 is 1.74 bits per heavy atom. The fraction of sp³-hybridized carbons (Fsp3) is 0.417. The van der Waals surface area contributed by atoms with Crippen LogP contribution >= 0.6 is 0 Å². The zero-order chi connectivity index (χ0) is 14.6. The first-order chi connectivity index (χ1) is 8.77. The zero-order valence-corrected chi connectivity index (χ0v) is 9.98. The summed E-state index contributed by atoms with van der Waals surface area (Å²) in [6.45, 7) is 1.87. The molecule has 2 nitrogen and oxygen atoms in total. The predicted molar refractivity (Wildman–Crippen MR) is 57.1 cm³/mol. The van der Waals surface area contributed by atoms with E-state index in [0.29, 0.717) is 18.6 Å². The van der Waals surface area contributed by atoms with Crippen molar-refractivity contribution in [1.29, 1.82) is 0 Å². The van der Waals surface area contributed by atoms with Gasteiger partial charge in [0.05, 0.1) is 6.61 Å². The molecule has 0 saturated heterocycles. The molecule has 106 valence electrons. The minimum Gasteiger partial charge on any atom is -0.488 e. The molecule has 0 spiro atoms. The molecule has 0 heterocycles. The van der Waals surface area contributed by atoms with E-state index in [2.05, 4.69) is 0 Å². The number of rotatable bonds is 5. The van der Waals surface area contributed by atoms with Crippen molar-refractivity contribution in [2.24, 2.45) is 0 Å². The summed E-state index contributed by atoms with van der Waals surface area (Å²) in [5.41, 5.74) is -1.09. The SMILES string of the molecule is CCCCOc1c(F)cc(C(=O)C(F)(F)F)cc1F. The van der Waals surface area contributed by atoms with Crippen LogP contribution in [-0.4, -0.2) is 18.6 Å². The van der Waals surface area contributed by atoms with Crippen LogP contribution in [0.3, 0.4) is 0 Å². The number of alkyl halides is 3. The molecule has 0 atom stereocenters. The van der Waals surface area contributed by atoms with Crippen LogP contribution in [0.4, 0.5) is 22.0 Å². The summed E-state index contributed by atoms with van der Waals surface area (Å²) < 4.78 is 68.0. The van der Waals surface area contributed by atoms with Gasteiger partial charge in [0.25, 0.3) is 5.78 Å². The van der Waals surface area contributed by atoms with Crippen LogP contribution in [0.2, 0.25) is 0 Å². The highest BCUT2D eigenvalue weighted by Crippen LogP contribution is 2.27. The molecule has 0 aliphatic carbocycles. The number of ketones is 1. The Kier molecular flexibility index (Phi) is 4.85. The number of ether oxygens (including phenoxy) is 1. The summed E-state index contributed by atoms with van der Waals surface area (Å²) >= 11 is 0. The maximum Gasteiger partial charge on any atom is 0.454 e. The number of hydrogen-bond donors (Lipinski definition) is 0. The molecule has 0 bridgehead atoms. The second kappa shape index (κ2) is 5.99. The van der Waals surface area contributed by atoms with Crippen molar-refractivity contribution in [1.82, 2.24) is 0 Å². The van der Waals surface area contributed by atoms with Crippen LogP contribution in [0.5, 0.6) is 5.75 Å². The van der Waals surface area contributed by atoms with Gasteiger partial charge in [0, 0.05) is 5.56 Å². The smallest absolute Gasteiger partial charge is 0.454 e. The summed E-state index contributed by atoms with van der Waals surface area (Å²) in [4.78, 5) is 10.8. The van der Waals surface area contributed by atoms with Gasteiger partial charge < -0.3 is 4.74 Å². The van der Waals surface area contributed by atoms with Gasteiger partial charge >= 0.3 is 6.18 Å². The Morgan fingerprint density at radius 3 is 2.16 bits per heavy atom. The lowest BCUT2D eigenvalue weighted by Crippen LogP contribution is -2.23. The molecule has 0 unspecified atom stereocenters. The van der Waals surface area contributed by atoms with E-state index >= 15 is 0 Å². The summed E-state index contributed by atoms with van der Waals surface area (Å²) in [6, 6.07) is 0.639. The lowest BCUT2D eigenvalue weighted by Gasteiger charge is -2.10. The van der Waals surface area contributed by atoms with Crippen molar-refractivity contribution in [3.05, 3.63) is 29.3 Å². The minimum absolute atomic E-state index is 0.0386. The van der Waals surface area contributed by atoms with Crippen molar-refractivity contribution in [3.63, 3.8) is 0 Å². The molecule has 0 N–H and O–H groups in total. The van der Waals surface area contributed by atoms with Crippen molar-refractivity contribution < 1.29 is 31.5 Å². The number of Topliss-reactive ketones (excluding diaryl/α,β-unsaturated/α-hetero) is 1. The van der Waals surface area contributed by atoms with E-state index in [0.717, 1.165) is 6.42 Å². The first-order valence-electron chi connectivity index (χ1n) is 5.50. The molecular weight excluding hydrogens is 271 g/mol. The molecule has 0 aromatic heterocycles. The molecule has 1 aromatic rings. The Balaban J connectivity index is 3.00. The zero-order valence-electron chi connectivity index (χ0n) is 9.98. The topological polar surface area (TPSA) is 26.3 Å². The highest BCUT2D eigenvalue weighted by Gasteiger charge is 2.40. The number of carbonyl (C=O) groups excluding carboxylic acids is 1. The Labute approximate surface area is 106 Å². The third-order valence-corrected chi connectivity index (χ3v) is 2.26. The van der Waals surface area contributed by atoms with Crippen LogP contribution in [0.15, 0.2) is 12.1 Å². The second-order valence-corrected chi connectivity index (χ2v) is 3.80. The largest absolute Gasteiger partial charge is 0.488 e. The summed E-state index contributed by atoms with van der Waals surface area (Å²) in [7, 11) is 0. The minimum atomic E-state index is -5.18. The molecule has 1 aromatic carbocycles. The molecule has 1 rings (SSSR count). The highest BCUT2D eigenvalue weighted by atomic mass is 19.4. The number of benzene rings is 1. The number of unbranched alkanes of at least 4 members (excludes halogenated alkanes) is 1. The molecule has 0 saturated carbocycles. The van der Waals surface area contributed by atoms with Crippen molar-refractivity contribution in [2.75, 3.05) is 6.61 Å².